The topological polar surface area (TPSA) is 34.1 Å². The molecule has 82 valence electrons. The first-order chi connectivity index (χ1) is 6.58. The van der Waals surface area contributed by atoms with Gasteiger partial charge in [0.15, 0.2) is 0 Å². The Labute approximate surface area is 94.5 Å². The minimum Gasteiger partial charge on any atom is -0.212 e. The van der Waals surface area contributed by atoms with Crippen LogP contribution in [0.4, 0.5) is 0 Å². The minimum absolute atomic E-state index is 0.0456. The van der Waals surface area contributed by atoms with E-state index in [0.717, 1.165) is 12.3 Å². The second-order valence-corrected chi connectivity index (χ2v) is 7.51. The van der Waals surface area contributed by atoms with E-state index in [-0.39, 0.29) is 5.75 Å². The number of halogens is 1. The molecule has 0 bridgehead atoms. The molecule has 0 spiro atoms. The quantitative estimate of drug-likeness (QED) is 0.571. The molecule has 1 fully saturated rings. The van der Waals surface area contributed by atoms with Gasteiger partial charge in [0.1, 0.15) is 0 Å². The SMILES string of the molecule is O=S(=O)(Cl)C/C=C\CC1CCSCC1. The highest BCUT2D eigenvalue weighted by Gasteiger charge is 2.11. The van der Waals surface area contributed by atoms with Crippen LogP contribution in [0.3, 0.4) is 0 Å². The number of hydrogen-bond donors (Lipinski definition) is 0. The van der Waals surface area contributed by atoms with E-state index in [1.165, 1.54) is 24.3 Å². The Balaban J connectivity index is 2.19. The van der Waals surface area contributed by atoms with Crippen LogP contribution in [-0.4, -0.2) is 25.7 Å². The van der Waals surface area contributed by atoms with Crippen molar-refractivity contribution in [1.29, 1.82) is 0 Å². The van der Waals surface area contributed by atoms with Crippen molar-refractivity contribution in [2.75, 3.05) is 17.3 Å². The molecule has 1 heterocycles. The fourth-order valence-corrected chi connectivity index (χ4v) is 3.24. The molecule has 0 aliphatic carbocycles. The Morgan fingerprint density at radius 3 is 2.50 bits per heavy atom. The first-order valence-electron chi connectivity index (χ1n) is 4.73. The van der Waals surface area contributed by atoms with Gasteiger partial charge in [0.05, 0.1) is 5.75 Å². The zero-order chi connectivity index (χ0) is 10.4. The molecule has 1 aliphatic rings. The maximum atomic E-state index is 10.6. The highest BCUT2D eigenvalue weighted by atomic mass is 35.7. The lowest BCUT2D eigenvalue weighted by molar-refractivity contribution is 0.497. The number of thioether (sulfide) groups is 1. The molecule has 0 atom stereocenters. The van der Waals surface area contributed by atoms with Crippen LogP contribution in [0.15, 0.2) is 12.2 Å². The molecule has 0 amide bonds. The molecule has 14 heavy (non-hydrogen) atoms. The van der Waals surface area contributed by atoms with Gasteiger partial charge in [-0.05, 0) is 36.7 Å². The molecule has 0 saturated carbocycles. The molecule has 5 heteroatoms. The van der Waals surface area contributed by atoms with E-state index in [9.17, 15) is 8.42 Å². The average Bonchev–Trinajstić information content (AvgIpc) is 2.13. The second-order valence-electron chi connectivity index (χ2n) is 3.47. The Kier molecular flexibility index (Phi) is 5.34. The van der Waals surface area contributed by atoms with Crippen LogP contribution in [-0.2, 0) is 9.05 Å². The van der Waals surface area contributed by atoms with Crippen molar-refractivity contribution in [3.05, 3.63) is 12.2 Å². The lowest BCUT2D eigenvalue weighted by Crippen LogP contribution is -2.08. The van der Waals surface area contributed by atoms with Gasteiger partial charge < -0.3 is 0 Å². The van der Waals surface area contributed by atoms with Gasteiger partial charge in [-0.15, -0.1) is 0 Å². The number of hydrogen-bond acceptors (Lipinski definition) is 3. The van der Waals surface area contributed by atoms with Gasteiger partial charge in [-0.25, -0.2) is 8.42 Å². The molecule has 1 rings (SSSR count). The summed E-state index contributed by atoms with van der Waals surface area (Å²) in [6.07, 6.45) is 7.10. The number of rotatable bonds is 4. The van der Waals surface area contributed by atoms with Crippen LogP contribution in [0.2, 0.25) is 0 Å². The Bertz CT molecular complexity index is 279. The normalized spacial score (nSPS) is 20.4. The van der Waals surface area contributed by atoms with E-state index in [1.54, 1.807) is 6.08 Å². The van der Waals surface area contributed by atoms with Gasteiger partial charge >= 0.3 is 0 Å². The third kappa shape index (κ3) is 5.94. The average molecular weight is 255 g/mol. The van der Waals surface area contributed by atoms with Crippen molar-refractivity contribution >= 4 is 31.5 Å². The lowest BCUT2D eigenvalue weighted by Gasteiger charge is -2.19. The summed E-state index contributed by atoms with van der Waals surface area (Å²) in [7, 11) is 1.73. The van der Waals surface area contributed by atoms with Gasteiger partial charge in [0.2, 0.25) is 9.05 Å². The summed E-state index contributed by atoms with van der Waals surface area (Å²) in [4.78, 5) is 0. The smallest absolute Gasteiger partial charge is 0.212 e. The number of allylic oxidation sites excluding steroid dienone is 1. The van der Waals surface area contributed by atoms with Crippen molar-refractivity contribution in [1.82, 2.24) is 0 Å². The van der Waals surface area contributed by atoms with Crippen LogP contribution in [0.5, 0.6) is 0 Å². The summed E-state index contributed by atoms with van der Waals surface area (Å²) in [6, 6.07) is 0. The van der Waals surface area contributed by atoms with Gasteiger partial charge in [0.25, 0.3) is 0 Å². The summed E-state index contributed by atoms with van der Waals surface area (Å²) < 4.78 is 21.2. The van der Waals surface area contributed by atoms with Crippen molar-refractivity contribution < 1.29 is 8.42 Å². The molecular weight excluding hydrogens is 240 g/mol. The predicted octanol–water partition coefficient (Wildman–Crippen LogP) is 2.64. The van der Waals surface area contributed by atoms with Crippen LogP contribution >= 0.6 is 22.4 Å². The van der Waals surface area contributed by atoms with E-state index in [0.29, 0.717) is 0 Å². The van der Waals surface area contributed by atoms with Gasteiger partial charge in [-0.3, -0.25) is 0 Å². The summed E-state index contributed by atoms with van der Waals surface area (Å²) in [5, 5.41) is 0. The van der Waals surface area contributed by atoms with E-state index in [2.05, 4.69) is 0 Å². The van der Waals surface area contributed by atoms with Crippen molar-refractivity contribution in [3.63, 3.8) is 0 Å². The summed E-state index contributed by atoms with van der Waals surface area (Å²) in [5.41, 5.74) is 0. The Morgan fingerprint density at radius 2 is 1.93 bits per heavy atom. The van der Waals surface area contributed by atoms with Crippen molar-refractivity contribution in [2.45, 2.75) is 19.3 Å². The Hall–Kier alpha value is 0.330. The van der Waals surface area contributed by atoms with Gasteiger partial charge in [-0.2, -0.15) is 11.8 Å². The first kappa shape index (κ1) is 12.4. The zero-order valence-corrected chi connectivity index (χ0v) is 10.4. The fraction of sp³-hybridized carbons (Fsp3) is 0.778. The lowest BCUT2D eigenvalue weighted by atomic mass is 9.99. The third-order valence-corrected chi connectivity index (χ3v) is 4.29. The minimum atomic E-state index is -3.35. The third-order valence-electron chi connectivity index (χ3n) is 2.27. The second kappa shape index (κ2) is 6.03. The summed E-state index contributed by atoms with van der Waals surface area (Å²) in [5.74, 6) is 3.18. The Morgan fingerprint density at radius 1 is 1.29 bits per heavy atom. The highest BCUT2D eigenvalue weighted by molar-refractivity contribution is 8.13. The van der Waals surface area contributed by atoms with E-state index in [1.807, 2.05) is 17.8 Å². The van der Waals surface area contributed by atoms with Crippen molar-refractivity contribution in [2.24, 2.45) is 5.92 Å². The van der Waals surface area contributed by atoms with E-state index >= 15 is 0 Å². The molecule has 1 saturated heterocycles. The van der Waals surface area contributed by atoms with Crippen LogP contribution < -0.4 is 0 Å². The highest BCUT2D eigenvalue weighted by Crippen LogP contribution is 2.25. The molecule has 0 N–H and O–H groups in total. The maximum Gasteiger partial charge on any atom is 0.236 e. The van der Waals surface area contributed by atoms with Gasteiger partial charge in [0, 0.05) is 10.7 Å². The van der Waals surface area contributed by atoms with E-state index < -0.39 is 9.05 Å². The first-order valence-corrected chi connectivity index (χ1v) is 8.36. The molecule has 0 radical (unpaired) electrons. The monoisotopic (exact) mass is 254 g/mol. The largest absolute Gasteiger partial charge is 0.236 e. The van der Waals surface area contributed by atoms with Crippen molar-refractivity contribution in [3.8, 4) is 0 Å². The molecular formula is C9H15ClO2S2. The van der Waals surface area contributed by atoms with Crippen LogP contribution in [0, 0.1) is 5.92 Å². The molecule has 0 aromatic rings. The molecule has 0 aromatic carbocycles. The predicted molar refractivity (Wildman–Crippen MR) is 63.4 cm³/mol. The molecule has 2 nitrogen and oxygen atoms in total. The fourth-order valence-electron chi connectivity index (χ4n) is 1.45. The summed E-state index contributed by atoms with van der Waals surface area (Å²) in [6.45, 7) is 0. The molecule has 0 unspecified atom stereocenters. The maximum absolute atomic E-state index is 10.6. The van der Waals surface area contributed by atoms with Gasteiger partial charge in [-0.1, -0.05) is 12.2 Å². The molecule has 0 aromatic heterocycles. The van der Waals surface area contributed by atoms with E-state index in [4.69, 9.17) is 10.7 Å². The standard InChI is InChI=1S/C9H15ClO2S2/c10-14(11,12)8-2-1-3-9-4-6-13-7-5-9/h1-2,9H,3-8H2/b2-1-. The summed E-state index contributed by atoms with van der Waals surface area (Å²) >= 11 is 2.00. The van der Waals surface area contributed by atoms with Crippen LogP contribution in [0.25, 0.3) is 0 Å². The van der Waals surface area contributed by atoms with Crippen LogP contribution in [0.1, 0.15) is 19.3 Å². The zero-order valence-electron chi connectivity index (χ0n) is 7.99. The molecule has 1 aliphatic heterocycles.